The van der Waals surface area contributed by atoms with Crippen molar-refractivity contribution in [2.75, 3.05) is 0 Å². The molecule has 2 fully saturated rings. The van der Waals surface area contributed by atoms with Crippen molar-refractivity contribution in [3.05, 3.63) is 24.5 Å². The van der Waals surface area contributed by atoms with E-state index in [0.29, 0.717) is 11.2 Å². The summed E-state index contributed by atoms with van der Waals surface area (Å²) >= 11 is 1.32. The summed E-state index contributed by atoms with van der Waals surface area (Å²) in [5, 5.41) is 14.2. The number of carbonyl (C=O) groups excluding carboxylic acids is 2. The quantitative estimate of drug-likeness (QED) is 0.723. The normalized spacial score (nSPS) is 18.0. The van der Waals surface area contributed by atoms with E-state index in [0.717, 1.165) is 49.9 Å². The lowest BCUT2D eigenvalue weighted by Gasteiger charge is -2.15. The number of nitrogens with zero attached hydrogens (tertiary/aromatic N) is 4. The molecule has 1 atom stereocenters. The molecule has 0 saturated heterocycles. The Morgan fingerprint density at radius 3 is 2.68 bits per heavy atom. The number of thioether (sulfide) groups is 1. The Bertz CT molecular complexity index is 845. The van der Waals surface area contributed by atoms with E-state index in [-0.39, 0.29) is 11.9 Å². The largest absolute Gasteiger partial charge is 0.335 e. The maximum absolute atomic E-state index is 12.4. The van der Waals surface area contributed by atoms with E-state index in [1.807, 2.05) is 12.1 Å². The molecule has 3 amide bonds. The Balaban J connectivity index is 1.41. The molecule has 9 heteroatoms. The standard InChI is InChI=1S/C19H24N6O2S/c1-12(17(26)22-18(27)21-14-6-2-3-7-14)28-19-24-23-16(25(19)15-8-9-15)13-5-4-10-20-11-13/h4-5,10-12,14-15H,2-3,6-9H2,1H3,(H2,21,22,26,27)/t12-/m1/s1. The second kappa shape index (κ2) is 8.30. The Labute approximate surface area is 167 Å². The van der Waals surface area contributed by atoms with Crippen LogP contribution in [0.5, 0.6) is 0 Å². The molecule has 8 nitrogen and oxygen atoms in total. The van der Waals surface area contributed by atoms with Crippen LogP contribution in [-0.4, -0.2) is 43.0 Å². The predicted molar refractivity (Wildman–Crippen MR) is 106 cm³/mol. The molecule has 2 heterocycles. The van der Waals surface area contributed by atoms with Gasteiger partial charge < -0.3 is 5.32 Å². The molecule has 2 aliphatic rings. The third kappa shape index (κ3) is 4.35. The fraction of sp³-hybridized carbons (Fsp3) is 0.526. The second-order valence-electron chi connectivity index (χ2n) is 7.35. The highest BCUT2D eigenvalue weighted by atomic mass is 32.2. The first kappa shape index (κ1) is 18.9. The Kier molecular flexibility index (Phi) is 5.61. The third-order valence-electron chi connectivity index (χ3n) is 5.07. The highest BCUT2D eigenvalue weighted by molar-refractivity contribution is 8.00. The predicted octanol–water partition coefficient (Wildman–Crippen LogP) is 2.92. The van der Waals surface area contributed by atoms with Gasteiger partial charge in [0.2, 0.25) is 5.91 Å². The zero-order valence-corrected chi connectivity index (χ0v) is 16.6. The van der Waals surface area contributed by atoms with Gasteiger partial charge in [0.15, 0.2) is 11.0 Å². The molecule has 0 bridgehead atoms. The summed E-state index contributed by atoms with van der Waals surface area (Å²) in [5.74, 6) is 0.443. The first-order valence-corrected chi connectivity index (χ1v) is 10.6. The molecule has 0 unspecified atom stereocenters. The summed E-state index contributed by atoms with van der Waals surface area (Å²) in [6, 6.07) is 3.94. The zero-order valence-electron chi connectivity index (χ0n) is 15.8. The molecule has 2 aromatic rings. The van der Waals surface area contributed by atoms with Gasteiger partial charge in [-0.1, -0.05) is 24.6 Å². The van der Waals surface area contributed by atoms with E-state index < -0.39 is 11.3 Å². The van der Waals surface area contributed by atoms with E-state index in [1.54, 1.807) is 19.3 Å². The van der Waals surface area contributed by atoms with E-state index in [2.05, 4.69) is 30.4 Å². The minimum atomic E-state index is -0.460. The molecule has 0 radical (unpaired) electrons. The lowest BCUT2D eigenvalue weighted by atomic mass is 10.2. The van der Waals surface area contributed by atoms with Gasteiger partial charge in [-0.05, 0) is 44.7 Å². The monoisotopic (exact) mass is 400 g/mol. The minimum absolute atomic E-state index is 0.177. The summed E-state index contributed by atoms with van der Waals surface area (Å²) in [6.45, 7) is 1.78. The summed E-state index contributed by atoms with van der Waals surface area (Å²) < 4.78 is 2.09. The number of nitrogens with one attached hydrogen (secondary N) is 2. The van der Waals surface area contributed by atoms with Crippen molar-refractivity contribution in [2.45, 2.75) is 67.9 Å². The number of aromatic nitrogens is 4. The number of amides is 3. The molecule has 2 N–H and O–H groups in total. The van der Waals surface area contributed by atoms with Crippen molar-refractivity contribution in [2.24, 2.45) is 0 Å². The first-order valence-electron chi connectivity index (χ1n) is 9.75. The number of urea groups is 1. The maximum atomic E-state index is 12.4. The fourth-order valence-corrected chi connectivity index (χ4v) is 4.35. The molecule has 2 aliphatic carbocycles. The van der Waals surface area contributed by atoms with Crippen molar-refractivity contribution in [1.82, 2.24) is 30.4 Å². The average molecular weight is 401 g/mol. The highest BCUT2D eigenvalue weighted by Gasteiger charge is 2.32. The Hall–Kier alpha value is -2.42. The van der Waals surface area contributed by atoms with Gasteiger partial charge >= 0.3 is 6.03 Å². The fourth-order valence-electron chi connectivity index (χ4n) is 3.43. The molecular weight excluding hydrogens is 376 g/mol. The number of carbonyl (C=O) groups is 2. The molecule has 4 rings (SSSR count). The topological polar surface area (TPSA) is 102 Å². The first-order chi connectivity index (χ1) is 13.6. The smallest absolute Gasteiger partial charge is 0.321 e. The zero-order chi connectivity index (χ0) is 19.5. The van der Waals surface area contributed by atoms with Gasteiger partial charge in [0.05, 0.1) is 5.25 Å². The number of rotatable bonds is 6. The summed E-state index contributed by atoms with van der Waals surface area (Å²) in [7, 11) is 0. The van der Waals surface area contributed by atoms with Crippen LogP contribution < -0.4 is 10.6 Å². The Morgan fingerprint density at radius 2 is 2.00 bits per heavy atom. The molecule has 28 heavy (non-hydrogen) atoms. The summed E-state index contributed by atoms with van der Waals surface area (Å²) in [5.41, 5.74) is 0.904. The number of hydrogen-bond donors (Lipinski definition) is 2. The van der Waals surface area contributed by atoms with Gasteiger partial charge in [-0.15, -0.1) is 10.2 Å². The van der Waals surface area contributed by atoms with Crippen LogP contribution in [-0.2, 0) is 4.79 Å². The number of pyridine rings is 1. The molecule has 0 aliphatic heterocycles. The van der Waals surface area contributed by atoms with Gasteiger partial charge in [0.1, 0.15) is 0 Å². The number of imide groups is 1. The van der Waals surface area contributed by atoms with E-state index >= 15 is 0 Å². The molecule has 0 aromatic carbocycles. The molecule has 2 saturated carbocycles. The van der Waals surface area contributed by atoms with Crippen molar-refractivity contribution in [1.29, 1.82) is 0 Å². The van der Waals surface area contributed by atoms with Crippen molar-refractivity contribution in [3.8, 4) is 11.4 Å². The summed E-state index contributed by atoms with van der Waals surface area (Å²) in [6.07, 6.45) is 9.84. The van der Waals surface area contributed by atoms with Gasteiger partial charge in [-0.3, -0.25) is 19.7 Å². The molecule has 2 aromatic heterocycles. The van der Waals surface area contributed by atoms with Gasteiger partial charge in [0.25, 0.3) is 0 Å². The van der Waals surface area contributed by atoms with E-state index in [1.165, 1.54) is 11.8 Å². The molecule has 0 spiro atoms. The maximum Gasteiger partial charge on any atom is 0.321 e. The van der Waals surface area contributed by atoms with Gasteiger partial charge in [-0.25, -0.2) is 4.79 Å². The Morgan fingerprint density at radius 1 is 1.21 bits per heavy atom. The van der Waals surface area contributed by atoms with Crippen molar-refractivity contribution in [3.63, 3.8) is 0 Å². The second-order valence-corrected chi connectivity index (χ2v) is 8.66. The lowest BCUT2D eigenvalue weighted by Crippen LogP contribution is -2.45. The van der Waals surface area contributed by atoms with Gasteiger partial charge in [0, 0.05) is 30.0 Å². The van der Waals surface area contributed by atoms with Gasteiger partial charge in [-0.2, -0.15) is 0 Å². The highest BCUT2D eigenvalue weighted by Crippen LogP contribution is 2.41. The van der Waals surface area contributed by atoms with Crippen LogP contribution in [0.2, 0.25) is 0 Å². The van der Waals surface area contributed by atoms with Crippen molar-refractivity contribution >= 4 is 23.7 Å². The van der Waals surface area contributed by atoms with Crippen LogP contribution >= 0.6 is 11.8 Å². The SMILES string of the molecule is C[C@@H](Sc1nnc(-c2cccnc2)n1C1CC1)C(=O)NC(=O)NC1CCCC1. The average Bonchev–Trinajstić information content (AvgIpc) is 3.24. The molecule has 148 valence electrons. The van der Waals surface area contributed by atoms with Crippen LogP contribution in [0.1, 0.15) is 51.5 Å². The van der Waals surface area contributed by atoms with Crippen LogP contribution in [0.25, 0.3) is 11.4 Å². The van der Waals surface area contributed by atoms with Crippen LogP contribution in [0.15, 0.2) is 29.7 Å². The van der Waals surface area contributed by atoms with Crippen LogP contribution in [0.4, 0.5) is 4.79 Å². The number of hydrogen-bond acceptors (Lipinski definition) is 6. The van der Waals surface area contributed by atoms with Crippen LogP contribution in [0.3, 0.4) is 0 Å². The lowest BCUT2D eigenvalue weighted by molar-refractivity contribution is -0.119. The van der Waals surface area contributed by atoms with E-state index in [9.17, 15) is 9.59 Å². The van der Waals surface area contributed by atoms with Crippen molar-refractivity contribution < 1.29 is 9.59 Å². The third-order valence-corrected chi connectivity index (χ3v) is 6.13. The molecular formula is C19H24N6O2S. The summed E-state index contributed by atoms with van der Waals surface area (Å²) in [4.78, 5) is 28.7. The minimum Gasteiger partial charge on any atom is -0.335 e. The van der Waals surface area contributed by atoms with Crippen LogP contribution in [0, 0.1) is 0 Å². The van der Waals surface area contributed by atoms with E-state index in [4.69, 9.17) is 0 Å².